The van der Waals surface area contributed by atoms with Crippen LogP contribution in [0.2, 0.25) is 0 Å². The molecule has 1 saturated heterocycles. The fourth-order valence-corrected chi connectivity index (χ4v) is 2.77. The molecule has 1 aliphatic rings. The van der Waals surface area contributed by atoms with Crippen molar-refractivity contribution in [3.05, 3.63) is 0 Å². The molecule has 5 heteroatoms. The summed E-state index contributed by atoms with van der Waals surface area (Å²) in [5, 5.41) is 0. The monoisotopic (exact) mass is 232 g/mol. The lowest BCUT2D eigenvalue weighted by Crippen LogP contribution is -2.44. The highest BCUT2D eigenvalue weighted by atomic mass is 32.2. The molecule has 88 valence electrons. The van der Waals surface area contributed by atoms with Crippen molar-refractivity contribution in [1.82, 2.24) is 4.90 Å². The first kappa shape index (κ1) is 12.5. The number of hydrogen-bond acceptors (Lipinski definition) is 3. The van der Waals surface area contributed by atoms with Crippen molar-refractivity contribution in [3.63, 3.8) is 0 Å². The summed E-state index contributed by atoms with van der Waals surface area (Å²) in [5.74, 6) is 1.96. The smallest absolute Gasteiger partial charge is 0.410 e. The van der Waals surface area contributed by atoms with Gasteiger partial charge in [0.2, 0.25) is 0 Å². The normalized spacial score (nSPS) is 18.8. The van der Waals surface area contributed by atoms with Crippen molar-refractivity contribution in [2.75, 3.05) is 31.6 Å². The highest BCUT2D eigenvalue weighted by Crippen LogP contribution is 2.11. The van der Waals surface area contributed by atoms with Gasteiger partial charge in [-0.3, -0.25) is 4.36 Å². The van der Waals surface area contributed by atoms with E-state index in [1.54, 1.807) is 4.90 Å². The molecular weight excluding hydrogens is 212 g/mol. The van der Waals surface area contributed by atoms with Gasteiger partial charge in [-0.25, -0.2) is 4.79 Å². The fourth-order valence-electron chi connectivity index (χ4n) is 1.34. The van der Waals surface area contributed by atoms with E-state index in [2.05, 4.69) is 4.36 Å². The first-order valence-corrected chi connectivity index (χ1v) is 6.70. The molecule has 0 bridgehead atoms. The van der Waals surface area contributed by atoms with Crippen LogP contribution in [0.5, 0.6) is 0 Å². The molecule has 0 aliphatic carbocycles. The van der Waals surface area contributed by atoms with E-state index in [1.807, 2.05) is 27.8 Å². The summed E-state index contributed by atoms with van der Waals surface area (Å²) in [6.07, 6.45) is -0.193. The van der Waals surface area contributed by atoms with E-state index in [0.717, 1.165) is 24.6 Å². The Morgan fingerprint density at radius 3 is 2.27 bits per heavy atom. The third-order valence-corrected chi connectivity index (χ3v) is 3.93. The first-order valence-electron chi connectivity index (χ1n) is 5.18. The van der Waals surface area contributed by atoms with Crippen molar-refractivity contribution in [2.24, 2.45) is 4.36 Å². The molecule has 1 aliphatic heterocycles. The van der Waals surface area contributed by atoms with Gasteiger partial charge in [-0.15, -0.1) is 0 Å². The Bertz CT molecular complexity index is 261. The van der Waals surface area contributed by atoms with Crippen LogP contribution < -0.4 is 0 Å². The Balaban J connectivity index is 2.43. The van der Waals surface area contributed by atoms with Crippen molar-refractivity contribution in [2.45, 2.75) is 26.4 Å². The maximum atomic E-state index is 11.7. The molecule has 0 aromatic heterocycles. The van der Waals surface area contributed by atoms with E-state index < -0.39 is 5.60 Å². The van der Waals surface area contributed by atoms with Crippen molar-refractivity contribution < 1.29 is 9.53 Å². The van der Waals surface area contributed by atoms with Crippen LogP contribution in [-0.2, 0) is 15.4 Å². The van der Waals surface area contributed by atoms with Gasteiger partial charge < -0.3 is 9.64 Å². The second-order valence-electron chi connectivity index (χ2n) is 4.52. The molecule has 1 amide bonds. The van der Waals surface area contributed by atoms with Crippen LogP contribution >= 0.6 is 0 Å². The third-order valence-electron chi connectivity index (χ3n) is 2.10. The maximum absolute atomic E-state index is 11.7. The van der Waals surface area contributed by atoms with E-state index in [4.69, 9.17) is 4.74 Å². The molecule has 0 unspecified atom stereocenters. The van der Waals surface area contributed by atoms with Gasteiger partial charge >= 0.3 is 6.09 Å². The second-order valence-corrected chi connectivity index (χ2v) is 6.63. The molecule has 0 atom stereocenters. The molecule has 0 aromatic rings. The molecule has 15 heavy (non-hydrogen) atoms. The molecule has 0 saturated carbocycles. The number of rotatable bonds is 0. The SMILES string of the molecule is CN=S1CCN(C(=O)OC(C)(C)C)CC1. The first-order chi connectivity index (χ1) is 6.92. The zero-order valence-electron chi connectivity index (χ0n) is 9.95. The van der Waals surface area contributed by atoms with Crippen LogP contribution in [0.1, 0.15) is 20.8 Å². The Morgan fingerprint density at radius 1 is 1.33 bits per heavy atom. The minimum atomic E-state index is -0.397. The van der Waals surface area contributed by atoms with Gasteiger partial charge in [-0.2, -0.15) is 0 Å². The van der Waals surface area contributed by atoms with E-state index in [9.17, 15) is 4.79 Å². The van der Waals surface area contributed by atoms with E-state index in [-0.39, 0.29) is 16.8 Å². The van der Waals surface area contributed by atoms with Crippen LogP contribution in [0.15, 0.2) is 4.36 Å². The van der Waals surface area contributed by atoms with Crippen LogP contribution in [0.4, 0.5) is 4.79 Å². The van der Waals surface area contributed by atoms with Gasteiger partial charge in [0.05, 0.1) is 0 Å². The molecular formula is C10H20N2O2S. The van der Waals surface area contributed by atoms with E-state index in [0.29, 0.717) is 0 Å². The van der Waals surface area contributed by atoms with Crippen molar-refractivity contribution in [1.29, 1.82) is 0 Å². The average Bonchev–Trinajstić information content (AvgIpc) is 2.15. The fraction of sp³-hybridized carbons (Fsp3) is 0.900. The summed E-state index contributed by atoms with van der Waals surface area (Å²) in [4.78, 5) is 13.5. The van der Waals surface area contributed by atoms with E-state index >= 15 is 0 Å². The predicted molar refractivity (Wildman–Crippen MR) is 63.3 cm³/mol. The summed E-state index contributed by atoms with van der Waals surface area (Å²) in [5.41, 5.74) is -0.397. The average molecular weight is 232 g/mol. The summed E-state index contributed by atoms with van der Waals surface area (Å²) < 4.78 is 9.57. The van der Waals surface area contributed by atoms with Gasteiger partial charge in [0.1, 0.15) is 5.60 Å². The zero-order valence-corrected chi connectivity index (χ0v) is 10.8. The van der Waals surface area contributed by atoms with Crippen molar-refractivity contribution >= 4 is 16.8 Å². The molecule has 0 spiro atoms. The van der Waals surface area contributed by atoms with Crippen LogP contribution in [0, 0.1) is 0 Å². The standard InChI is InChI=1S/C10H20N2O2S/c1-10(2,3)14-9(13)12-5-7-15(11-4)8-6-12/h5-8H2,1-4H3. The molecule has 1 heterocycles. The quantitative estimate of drug-likeness (QED) is 0.637. The second kappa shape index (κ2) is 4.96. The molecule has 0 radical (unpaired) electrons. The summed E-state index contributed by atoms with van der Waals surface area (Å²) in [6.45, 7) is 7.22. The lowest BCUT2D eigenvalue weighted by atomic mass is 10.2. The number of amides is 1. The summed E-state index contributed by atoms with van der Waals surface area (Å²) in [7, 11) is 2.02. The highest BCUT2D eigenvalue weighted by Gasteiger charge is 2.24. The van der Waals surface area contributed by atoms with Gasteiger partial charge in [0, 0.05) is 31.6 Å². The topological polar surface area (TPSA) is 41.9 Å². The zero-order chi connectivity index (χ0) is 11.5. The lowest BCUT2D eigenvalue weighted by molar-refractivity contribution is 0.0269. The lowest BCUT2D eigenvalue weighted by Gasteiger charge is -2.30. The molecule has 4 nitrogen and oxygen atoms in total. The number of nitrogens with zero attached hydrogens (tertiary/aromatic N) is 2. The van der Waals surface area contributed by atoms with E-state index in [1.165, 1.54) is 0 Å². The molecule has 0 N–H and O–H groups in total. The largest absolute Gasteiger partial charge is 0.444 e. The van der Waals surface area contributed by atoms with Crippen LogP contribution in [0.25, 0.3) is 0 Å². The number of hydrogen-bond donors (Lipinski definition) is 0. The third kappa shape index (κ3) is 4.20. The Morgan fingerprint density at radius 2 is 1.87 bits per heavy atom. The minimum absolute atomic E-state index is 0.164. The molecule has 1 rings (SSSR count). The Labute approximate surface area is 94.1 Å². The van der Waals surface area contributed by atoms with Gasteiger partial charge in [-0.1, -0.05) is 10.7 Å². The van der Waals surface area contributed by atoms with Gasteiger partial charge in [0.15, 0.2) is 0 Å². The molecule has 0 aromatic carbocycles. The Hall–Kier alpha value is -0.580. The van der Waals surface area contributed by atoms with Crippen LogP contribution in [-0.4, -0.2) is 48.2 Å². The van der Waals surface area contributed by atoms with Crippen LogP contribution in [0.3, 0.4) is 0 Å². The Kier molecular flexibility index (Phi) is 4.13. The summed E-state index contributed by atoms with van der Waals surface area (Å²) >= 11 is 0. The minimum Gasteiger partial charge on any atom is -0.444 e. The number of carbonyl (C=O) groups excluding carboxylic acids is 1. The number of ether oxygens (including phenoxy) is 1. The van der Waals surface area contributed by atoms with Gasteiger partial charge in [-0.05, 0) is 20.8 Å². The molecule has 1 fully saturated rings. The summed E-state index contributed by atoms with van der Waals surface area (Å²) in [6, 6.07) is 0. The van der Waals surface area contributed by atoms with Gasteiger partial charge in [0.25, 0.3) is 0 Å². The highest BCUT2D eigenvalue weighted by molar-refractivity contribution is 7.87. The van der Waals surface area contributed by atoms with Crippen molar-refractivity contribution in [3.8, 4) is 0 Å². The predicted octanol–water partition coefficient (Wildman–Crippen LogP) is 1.67. The number of carbonyl (C=O) groups is 1. The maximum Gasteiger partial charge on any atom is 0.410 e.